The SMILES string of the molecule is COc1ccc(CCNCc2ccccc2Cl)cc1N. The number of nitrogens with two attached hydrogens (primary N) is 1. The lowest BCUT2D eigenvalue weighted by atomic mass is 10.1. The maximum absolute atomic E-state index is 6.10. The number of anilines is 1. The molecular formula is C16H19ClN2O. The summed E-state index contributed by atoms with van der Waals surface area (Å²) in [6.45, 7) is 1.64. The summed E-state index contributed by atoms with van der Waals surface area (Å²) in [4.78, 5) is 0. The molecule has 0 radical (unpaired) electrons. The van der Waals surface area contributed by atoms with Crippen LogP contribution in [0, 0.1) is 0 Å². The van der Waals surface area contributed by atoms with Crippen molar-refractivity contribution in [1.29, 1.82) is 0 Å². The third-order valence-electron chi connectivity index (χ3n) is 3.16. The first-order chi connectivity index (χ1) is 9.70. The average Bonchev–Trinajstić information content (AvgIpc) is 2.45. The summed E-state index contributed by atoms with van der Waals surface area (Å²) in [5.74, 6) is 0.720. The highest BCUT2D eigenvalue weighted by atomic mass is 35.5. The Morgan fingerprint density at radius 2 is 2.00 bits per heavy atom. The number of halogens is 1. The maximum atomic E-state index is 6.10. The summed E-state index contributed by atoms with van der Waals surface area (Å²) in [6, 6.07) is 13.8. The van der Waals surface area contributed by atoms with Crippen LogP contribution in [-0.4, -0.2) is 13.7 Å². The number of hydrogen-bond acceptors (Lipinski definition) is 3. The summed E-state index contributed by atoms with van der Waals surface area (Å²) in [5, 5.41) is 4.18. The van der Waals surface area contributed by atoms with Gasteiger partial charge in [-0.3, -0.25) is 0 Å². The van der Waals surface area contributed by atoms with Crippen molar-refractivity contribution in [3.63, 3.8) is 0 Å². The van der Waals surface area contributed by atoms with Crippen LogP contribution in [0.5, 0.6) is 5.75 Å². The number of methoxy groups -OCH3 is 1. The van der Waals surface area contributed by atoms with Crippen LogP contribution in [0.25, 0.3) is 0 Å². The Morgan fingerprint density at radius 3 is 2.70 bits per heavy atom. The number of nitrogens with one attached hydrogen (secondary N) is 1. The van der Waals surface area contributed by atoms with Gasteiger partial charge in [-0.2, -0.15) is 0 Å². The predicted octanol–water partition coefficient (Wildman–Crippen LogP) is 3.26. The zero-order valence-electron chi connectivity index (χ0n) is 11.5. The molecule has 3 N–H and O–H groups in total. The summed E-state index contributed by atoms with van der Waals surface area (Å²) < 4.78 is 5.14. The Labute approximate surface area is 124 Å². The van der Waals surface area contributed by atoms with Crippen LogP contribution in [0.3, 0.4) is 0 Å². The topological polar surface area (TPSA) is 47.3 Å². The Kier molecular flexibility index (Phi) is 5.27. The standard InChI is InChI=1S/C16H19ClN2O/c1-20-16-7-6-12(10-15(16)18)8-9-19-11-13-4-2-3-5-14(13)17/h2-7,10,19H,8-9,11,18H2,1H3. The minimum atomic E-state index is 0.677. The number of rotatable bonds is 6. The van der Waals surface area contributed by atoms with Gasteiger partial charge in [-0.05, 0) is 42.3 Å². The third kappa shape index (κ3) is 3.89. The Balaban J connectivity index is 1.82. The summed E-state index contributed by atoms with van der Waals surface area (Å²) >= 11 is 6.10. The van der Waals surface area contributed by atoms with Crippen molar-refractivity contribution in [2.24, 2.45) is 0 Å². The fourth-order valence-corrected chi connectivity index (χ4v) is 2.24. The molecule has 3 nitrogen and oxygen atoms in total. The molecule has 2 aromatic carbocycles. The van der Waals surface area contributed by atoms with Gasteiger partial charge in [0.05, 0.1) is 12.8 Å². The molecule has 0 bridgehead atoms. The Bertz CT molecular complexity index is 572. The van der Waals surface area contributed by atoms with Gasteiger partial charge >= 0.3 is 0 Å². The number of ether oxygens (including phenoxy) is 1. The lowest BCUT2D eigenvalue weighted by Crippen LogP contribution is -2.17. The molecule has 0 unspecified atom stereocenters. The molecule has 0 saturated heterocycles. The van der Waals surface area contributed by atoms with Gasteiger partial charge in [0, 0.05) is 11.6 Å². The normalized spacial score (nSPS) is 10.5. The van der Waals surface area contributed by atoms with Crippen molar-refractivity contribution in [3.05, 3.63) is 58.6 Å². The van der Waals surface area contributed by atoms with E-state index in [4.69, 9.17) is 22.1 Å². The van der Waals surface area contributed by atoms with Crippen LogP contribution in [0.2, 0.25) is 5.02 Å². The molecule has 0 aromatic heterocycles. The van der Waals surface area contributed by atoms with Gasteiger partial charge in [0.15, 0.2) is 0 Å². The Hall–Kier alpha value is -1.71. The van der Waals surface area contributed by atoms with Gasteiger partial charge in [0.1, 0.15) is 5.75 Å². The third-order valence-corrected chi connectivity index (χ3v) is 3.53. The molecule has 2 aromatic rings. The van der Waals surface area contributed by atoms with Crippen molar-refractivity contribution in [2.75, 3.05) is 19.4 Å². The summed E-state index contributed by atoms with van der Waals surface area (Å²) in [5.41, 5.74) is 8.87. The van der Waals surface area contributed by atoms with Crippen LogP contribution >= 0.6 is 11.6 Å². The molecule has 0 heterocycles. The molecule has 2 rings (SSSR count). The lowest BCUT2D eigenvalue weighted by molar-refractivity contribution is 0.417. The first-order valence-corrected chi connectivity index (χ1v) is 6.95. The van der Waals surface area contributed by atoms with Gasteiger partial charge in [0.2, 0.25) is 0 Å². The molecule has 4 heteroatoms. The van der Waals surface area contributed by atoms with E-state index in [-0.39, 0.29) is 0 Å². The molecule has 0 aliphatic carbocycles. The molecule has 0 aliphatic rings. The van der Waals surface area contributed by atoms with Crippen molar-refractivity contribution < 1.29 is 4.74 Å². The maximum Gasteiger partial charge on any atom is 0.141 e. The second-order valence-electron chi connectivity index (χ2n) is 4.59. The van der Waals surface area contributed by atoms with Crippen LogP contribution in [-0.2, 0) is 13.0 Å². The second-order valence-corrected chi connectivity index (χ2v) is 5.00. The fraction of sp³-hybridized carbons (Fsp3) is 0.250. The number of hydrogen-bond donors (Lipinski definition) is 2. The van der Waals surface area contributed by atoms with E-state index < -0.39 is 0 Å². The van der Waals surface area contributed by atoms with Crippen LogP contribution < -0.4 is 15.8 Å². The van der Waals surface area contributed by atoms with Crippen molar-refractivity contribution in [1.82, 2.24) is 5.32 Å². The van der Waals surface area contributed by atoms with Crippen molar-refractivity contribution >= 4 is 17.3 Å². The number of nitrogen functional groups attached to an aromatic ring is 1. The molecule has 0 saturated carbocycles. The van der Waals surface area contributed by atoms with Gasteiger partial charge in [-0.15, -0.1) is 0 Å². The van der Waals surface area contributed by atoms with E-state index in [1.807, 2.05) is 42.5 Å². The van der Waals surface area contributed by atoms with Gasteiger partial charge in [0.25, 0.3) is 0 Å². The first kappa shape index (κ1) is 14.7. The van der Waals surface area contributed by atoms with E-state index in [1.54, 1.807) is 7.11 Å². The summed E-state index contributed by atoms with van der Waals surface area (Å²) in [7, 11) is 1.62. The minimum Gasteiger partial charge on any atom is -0.495 e. The molecule has 0 fully saturated rings. The largest absolute Gasteiger partial charge is 0.495 e. The molecule has 106 valence electrons. The smallest absolute Gasteiger partial charge is 0.141 e. The highest BCUT2D eigenvalue weighted by Gasteiger charge is 2.01. The molecule has 0 atom stereocenters. The lowest BCUT2D eigenvalue weighted by Gasteiger charge is -2.09. The number of benzene rings is 2. The highest BCUT2D eigenvalue weighted by molar-refractivity contribution is 6.31. The molecule has 0 aliphatic heterocycles. The van der Waals surface area contributed by atoms with Gasteiger partial charge < -0.3 is 15.8 Å². The van der Waals surface area contributed by atoms with E-state index in [2.05, 4.69) is 5.32 Å². The predicted molar refractivity (Wildman–Crippen MR) is 84.3 cm³/mol. The van der Waals surface area contributed by atoms with Crippen molar-refractivity contribution in [3.8, 4) is 5.75 Å². The van der Waals surface area contributed by atoms with Crippen LogP contribution in [0.15, 0.2) is 42.5 Å². The molecule has 0 spiro atoms. The summed E-state index contributed by atoms with van der Waals surface area (Å²) in [6.07, 6.45) is 0.915. The quantitative estimate of drug-likeness (QED) is 0.634. The zero-order chi connectivity index (χ0) is 14.4. The Morgan fingerprint density at radius 1 is 1.20 bits per heavy atom. The van der Waals surface area contributed by atoms with E-state index in [0.29, 0.717) is 5.69 Å². The van der Waals surface area contributed by atoms with Crippen LogP contribution in [0.1, 0.15) is 11.1 Å². The van der Waals surface area contributed by atoms with E-state index in [9.17, 15) is 0 Å². The highest BCUT2D eigenvalue weighted by Crippen LogP contribution is 2.22. The van der Waals surface area contributed by atoms with Gasteiger partial charge in [-0.25, -0.2) is 0 Å². The van der Waals surface area contributed by atoms with Crippen LogP contribution in [0.4, 0.5) is 5.69 Å². The second kappa shape index (κ2) is 7.17. The fourth-order valence-electron chi connectivity index (χ4n) is 2.04. The zero-order valence-corrected chi connectivity index (χ0v) is 12.3. The molecule has 20 heavy (non-hydrogen) atoms. The van der Waals surface area contributed by atoms with Gasteiger partial charge in [-0.1, -0.05) is 35.9 Å². The molecular weight excluding hydrogens is 272 g/mol. The minimum absolute atomic E-state index is 0.677. The van der Waals surface area contributed by atoms with E-state index in [1.165, 1.54) is 5.56 Å². The first-order valence-electron chi connectivity index (χ1n) is 6.57. The molecule has 0 amide bonds. The average molecular weight is 291 g/mol. The van der Waals surface area contributed by atoms with E-state index >= 15 is 0 Å². The monoisotopic (exact) mass is 290 g/mol. The van der Waals surface area contributed by atoms with Crippen molar-refractivity contribution in [2.45, 2.75) is 13.0 Å². The van der Waals surface area contributed by atoms with E-state index in [0.717, 1.165) is 35.8 Å².